The monoisotopic (exact) mass is 268 g/mol. The average Bonchev–Trinajstić information content (AvgIpc) is 2.36. The number of nitriles is 1. The van der Waals surface area contributed by atoms with E-state index in [9.17, 15) is 13.6 Å². The van der Waals surface area contributed by atoms with Gasteiger partial charge in [0.05, 0.1) is 18.2 Å². The van der Waals surface area contributed by atoms with Crippen molar-refractivity contribution in [1.29, 1.82) is 5.26 Å². The van der Waals surface area contributed by atoms with Gasteiger partial charge in [0.15, 0.2) is 11.6 Å². The number of benzene rings is 1. The number of carbonyl (C=O) groups is 1. The Morgan fingerprint density at radius 1 is 1.37 bits per heavy atom. The van der Waals surface area contributed by atoms with Crippen LogP contribution in [0.3, 0.4) is 0 Å². The Kier molecular flexibility index (Phi) is 5.24. The minimum absolute atomic E-state index is 0.106. The van der Waals surface area contributed by atoms with Crippen molar-refractivity contribution in [3.63, 3.8) is 0 Å². The maximum atomic E-state index is 13.8. The third-order valence-electron chi connectivity index (χ3n) is 2.47. The van der Waals surface area contributed by atoms with Crippen LogP contribution in [0.25, 0.3) is 0 Å². The highest BCUT2D eigenvalue weighted by atomic mass is 19.1. The number of likely N-dealkylation sites (N-methyl/N-ethyl adjacent to an activating group) is 1. The third-order valence-corrected chi connectivity index (χ3v) is 2.47. The molecule has 0 atom stereocenters. The van der Waals surface area contributed by atoms with E-state index in [0.717, 1.165) is 12.1 Å². The summed E-state index contributed by atoms with van der Waals surface area (Å²) in [6, 6.07) is 3.54. The molecule has 1 aromatic carbocycles. The second-order valence-electron chi connectivity index (χ2n) is 3.72. The van der Waals surface area contributed by atoms with Crippen LogP contribution in [-0.2, 0) is 9.53 Å². The van der Waals surface area contributed by atoms with E-state index in [4.69, 9.17) is 10.00 Å². The number of anilines is 1. The maximum absolute atomic E-state index is 13.8. The molecule has 0 N–H and O–H groups in total. The molecule has 0 saturated carbocycles. The SMILES string of the molecule is CCOC(=O)CN(CC)c1c(F)cc(C#N)cc1F. The van der Waals surface area contributed by atoms with E-state index in [0.29, 0.717) is 0 Å². The van der Waals surface area contributed by atoms with E-state index in [1.165, 1.54) is 4.90 Å². The summed E-state index contributed by atoms with van der Waals surface area (Å²) in [5, 5.41) is 8.62. The van der Waals surface area contributed by atoms with Crippen molar-refractivity contribution in [3.8, 4) is 6.07 Å². The number of rotatable bonds is 5. The lowest BCUT2D eigenvalue weighted by atomic mass is 10.2. The van der Waals surface area contributed by atoms with Crippen LogP contribution in [0.5, 0.6) is 0 Å². The summed E-state index contributed by atoms with van der Waals surface area (Å²) in [5.41, 5.74) is -0.430. The molecule has 0 heterocycles. The number of ether oxygens (including phenoxy) is 1. The summed E-state index contributed by atoms with van der Waals surface area (Å²) in [4.78, 5) is 12.6. The van der Waals surface area contributed by atoms with Gasteiger partial charge >= 0.3 is 5.97 Å². The second-order valence-corrected chi connectivity index (χ2v) is 3.72. The van der Waals surface area contributed by atoms with Gasteiger partial charge in [0.25, 0.3) is 0 Å². The number of carbonyl (C=O) groups excluding carboxylic acids is 1. The van der Waals surface area contributed by atoms with E-state index in [1.54, 1.807) is 19.9 Å². The van der Waals surface area contributed by atoms with Crippen molar-refractivity contribution in [2.24, 2.45) is 0 Å². The topological polar surface area (TPSA) is 53.3 Å². The Morgan fingerprint density at radius 3 is 2.37 bits per heavy atom. The van der Waals surface area contributed by atoms with Crippen LogP contribution in [0.2, 0.25) is 0 Å². The number of halogens is 2. The van der Waals surface area contributed by atoms with Crippen LogP contribution in [-0.4, -0.2) is 25.7 Å². The van der Waals surface area contributed by atoms with Crippen molar-refractivity contribution in [2.45, 2.75) is 13.8 Å². The smallest absolute Gasteiger partial charge is 0.325 e. The van der Waals surface area contributed by atoms with Crippen LogP contribution in [0.4, 0.5) is 14.5 Å². The van der Waals surface area contributed by atoms with Crippen molar-refractivity contribution >= 4 is 11.7 Å². The normalized spacial score (nSPS) is 9.84. The third kappa shape index (κ3) is 3.65. The number of esters is 1. The van der Waals surface area contributed by atoms with Crippen molar-refractivity contribution in [1.82, 2.24) is 0 Å². The standard InChI is InChI=1S/C13H14F2N2O2/c1-3-17(8-12(18)19-4-2)13-10(14)5-9(7-16)6-11(13)15/h5-6H,3-4,8H2,1-2H3. The minimum Gasteiger partial charge on any atom is -0.465 e. The molecule has 0 aliphatic rings. The van der Waals surface area contributed by atoms with Crippen molar-refractivity contribution in [2.75, 3.05) is 24.6 Å². The van der Waals surface area contributed by atoms with Gasteiger partial charge in [-0.25, -0.2) is 8.78 Å². The molecular weight excluding hydrogens is 254 g/mol. The number of nitrogens with zero attached hydrogens (tertiary/aromatic N) is 2. The zero-order valence-corrected chi connectivity index (χ0v) is 10.7. The van der Waals surface area contributed by atoms with E-state index >= 15 is 0 Å². The Morgan fingerprint density at radius 2 is 1.95 bits per heavy atom. The Bertz CT molecular complexity index is 489. The lowest BCUT2D eigenvalue weighted by Gasteiger charge is -2.23. The average molecular weight is 268 g/mol. The van der Waals surface area contributed by atoms with E-state index in [-0.39, 0.29) is 30.9 Å². The lowest BCUT2D eigenvalue weighted by Crippen LogP contribution is -2.32. The molecule has 0 aromatic heterocycles. The van der Waals surface area contributed by atoms with Crippen LogP contribution < -0.4 is 4.90 Å². The van der Waals surface area contributed by atoms with Gasteiger partial charge in [-0.05, 0) is 26.0 Å². The molecule has 0 aliphatic carbocycles. The first-order valence-corrected chi connectivity index (χ1v) is 5.83. The van der Waals surface area contributed by atoms with Crippen LogP contribution in [0.1, 0.15) is 19.4 Å². The largest absolute Gasteiger partial charge is 0.465 e. The molecule has 6 heteroatoms. The number of hydrogen-bond acceptors (Lipinski definition) is 4. The van der Waals surface area contributed by atoms with Gasteiger partial charge in [-0.1, -0.05) is 0 Å². The zero-order chi connectivity index (χ0) is 14.4. The molecule has 0 spiro atoms. The van der Waals surface area contributed by atoms with Gasteiger partial charge in [-0.15, -0.1) is 0 Å². The van der Waals surface area contributed by atoms with Gasteiger partial charge in [0.1, 0.15) is 12.2 Å². The van der Waals surface area contributed by atoms with Crippen LogP contribution >= 0.6 is 0 Å². The van der Waals surface area contributed by atoms with Crippen molar-refractivity contribution in [3.05, 3.63) is 29.3 Å². The Labute approximate surface area is 110 Å². The molecule has 4 nitrogen and oxygen atoms in total. The molecule has 0 saturated heterocycles. The first kappa shape index (κ1) is 14.9. The van der Waals surface area contributed by atoms with Gasteiger partial charge < -0.3 is 9.64 Å². The van der Waals surface area contributed by atoms with Gasteiger partial charge in [0, 0.05) is 6.54 Å². The fourth-order valence-electron chi connectivity index (χ4n) is 1.64. The summed E-state index contributed by atoms with van der Waals surface area (Å²) in [6.45, 7) is 3.50. The van der Waals surface area contributed by atoms with Crippen LogP contribution in [0, 0.1) is 23.0 Å². The first-order valence-electron chi connectivity index (χ1n) is 5.83. The van der Waals surface area contributed by atoms with Crippen LogP contribution in [0.15, 0.2) is 12.1 Å². The molecule has 0 bridgehead atoms. The molecule has 0 fully saturated rings. The molecule has 102 valence electrons. The highest BCUT2D eigenvalue weighted by molar-refractivity contribution is 5.76. The lowest BCUT2D eigenvalue weighted by molar-refractivity contribution is -0.141. The predicted molar refractivity (Wildman–Crippen MR) is 65.6 cm³/mol. The summed E-state index contributed by atoms with van der Waals surface area (Å²) < 4.78 is 32.3. The molecule has 0 amide bonds. The fraction of sp³-hybridized carbons (Fsp3) is 0.385. The summed E-state index contributed by atoms with van der Waals surface area (Å²) in [7, 11) is 0. The van der Waals surface area contributed by atoms with Gasteiger partial charge in [-0.2, -0.15) is 5.26 Å². The number of hydrogen-bond donors (Lipinski definition) is 0. The molecule has 0 aliphatic heterocycles. The Hall–Kier alpha value is -2.16. The van der Waals surface area contributed by atoms with E-state index in [2.05, 4.69) is 0 Å². The van der Waals surface area contributed by atoms with Gasteiger partial charge in [-0.3, -0.25) is 4.79 Å². The molecule has 19 heavy (non-hydrogen) atoms. The maximum Gasteiger partial charge on any atom is 0.325 e. The molecule has 1 rings (SSSR count). The van der Waals surface area contributed by atoms with Gasteiger partial charge in [0.2, 0.25) is 0 Å². The summed E-state index contributed by atoms with van der Waals surface area (Å²) in [5.74, 6) is -2.31. The zero-order valence-electron chi connectivity index (χ0n) is 10.7. The van der Waals surface area contributed by atoms with Crippen molar-refractivity contribution < 1.29 is 18.3 Å². The van der Waals surface area contributed by atoms with E-state index in [1.807, 2.05) is 0 Å². The highest BCUT2D eigenvalue weighted by Crippen LogP contribution is 2.24. The molecule has 0 radical (unpaired) electrons. The quantitative estimate of drug-likeness (QED) is 0.768. The second kappa shape index (κ2) is 6.69. The Balaban J connectivity index is 3.05. The molecule has 0 unspecified atom stereocenters. The van der Waals surface area contributed by atoms with E-state index < -0.39 is 17.6 Å². The predicted octanol–water partition coefficient (Wildman–Crippen LogP) is 2.23. The minimum atomic E-state index is -0.873. The molecule has 1 aromatic rings. The fourth-order valence-corrected chi connectivity index (χ4v) is 1.64. The first-order chi connectivity index (χ1) is 9.03. The summed E-state index contributed by atoms with van der Waals surface area (Å²) >= 11 is 0. The summed E-state index contributed by atoms with van der Waals surface area (Å²) in [6.07, 6.45) is 0. The molecular formula is C13H14F2N2O2. The highest BCUT2D eigenvalue weighted by Gasteiger charge is 2.19.